The van der Waals surface area contributed by atoms with E-state index in [2.05, 4.69) is 11.3 Å². The van der Waals surface area contributed by atoms with E-state index in [9.17, 15) is 4.79 Å². The first-order chi connectivity index (χ1) is 3.81. The fourth-order valence-electron chi connectivity index (χ4n) is 0.189. The Morgan fingerprint density at radius 2 is 2.62 bits per heavy atom. The lowest BCUT2D eigenvalue weighted by Crippen LogP contribution is -2.03. The number of carbonyl (C=O) groups excluding carboxylic acids is 1. The first-order valence-corrected chi connectivity index (χ1v) is 3.31. The third-order valence-corrected chi connectivity index (χ3v) is 1.19. The largest absolute Gasteiger partial charge is 0.328 e. The summed E-state index contributed by atoms with van der Waals surface area (Å²) in [6, 6.07) is 0. The topological polar surface area (TPSA) is 29.1 Å². The molecule has 0 atom stereocenters. The van der Waals surface area contributed by atoms with Crippen molar-refractivity contribution < 1.29 is 4.79 Å². The first-order valence-electron chi connectivity index (χ1n) is 2.33. The molecule has 0 fully saturated rings. The summed E-state index contributed by atoms with van der Waals surface area (Å²) in [5.41, 5.74) is 1.37. The molecule has 0 bridgehead atoms. The van der Waals surface area contributed by atoms with Crippen LogP contribution in [0.3, 0.4) is 0 Å². The lowest BCUT2D eigenvalue weighted by molar-refractivity contribution is -0.105. The summed E-state index contributed by atoms with van der Waals surface area (Å²) >= 11 is 1.46. The van der Waals surface area contributed by atoms with Crippen LogP contribution in [0.2, 0.25) is 0 Å². The van der Waals surface area contributed by atoms with Crippen molar-refractivity contribution in [3.63, 3.8) is 0 Å². The van der Waals surface area contributed by atoms with Crippen molar-refractivity contribution in [2.75, 3.05) is 5.65 Å². The third kappa shape index (κ3) is 3.80. The van der Waals surface area contributed by atoms with Crippen molar-refractivity contribution in [2.24, 2.45) is 0 Å². The highest BCUT2D eigenvalue weighted by Gasteiger charge is 1.84. The minimum absolute atomic E-state index is 0.428. The van der Waals surface area contributed by atoms with Gasteiger partial charge in [-0.1, -0.05) is 18.5 Å². The van der Waals surface area contributed by atoms with Crippen molar-refractivity contribution in [1.82, 2.24) is 4.72 Å². The van der Waals surface area contributed by atoms with Crippen LogP contribution in [0.15, 0.2) is 12.3 Å². The maximum absolute atomic E-state index is 9.84. The van der Waals surface area contributed by atoms with Crippen LogP contribution >= 0.6 is 11.9 Å². The second-order valence-corrected chi connectivity index (χ2v) is 2.25. The summed E-state index contributed by atoms with van der Waals surface area (Å²) in [5.74, 6) is 0. The second-order valence-electron chi connectivity index (χ2n) is 1.18. The van der Waals surface area contributed by atoms with E-state index >= 15 is 0 Å². The van der Waals surface area contributed by atoms with Gasteiger partial charge in [0.15, 0.2) is 6.29 Å². The minimum atomic E-state index is 0.428. The molecule has 0 saturated heterocycles. The van der Waals surface area contributed by atoms with E-state index < -0.39 is 0 Å². The zero-order valence-electron chi connectivity index (χ0n) is 4.81. The number of carbonyl (C=O) groups is 1. The Labute approximate surface area is 54.3 Å². The van der Waals surface area contributed by atoms with E-state index in [-0.39, 0.29) is 0 Å². The predicted molar refractivity (Wildman–Crippen MR) is 39.3 cm³/mol. The third-order valence-electron chi connectivity index (χ3n) is 0.490. The van der Waals surface area contributed by atoms with Crippen LogP contribution in [0, 0.1) is 0 Å². The van der Waals surface area contributed by atoms with Gasteiger partial charge in [0, 0.05) is 0 Å². The van der Waals surface area contributed by atoms with Gasteiger partial charge in [-0.15, -0.1) is 0 Å². The Balaban J connectivity index is 3.11. The quantitative estimate of drug-likeness (QED) is 0.241. The zero-order chi connectivity index (χ0) is 6.41. The Morgan fingerprint density at radius 3 is 3.00 bits per heavy atom. The van der Waals surface area contributed by atoms with E-state index in [1.54, 1.807) is 0 Å². The lowest BCUT2D eigenvalue weighted by Gasteiger charge is -1.96. The van der Waals surface area contributed by atoms with Gasteiger partial charge >= 0.3 is 0 Å². The Hall–Kier alpha value is -0.375. The van der Waals surface area contributed by atoms with Crippen molar-refractivity contribution in [2.45, 2.75) is 0 Å². The van der Waals surface area contributed by atoms with Gasteiger partial charge in [-0.3, -0.25) is 4.79 Å². The number of allylic oxidation sites excluding steroid dienone is 1. The number of rotatable bonds is 4. The number of nitrogens with one attached hydrogen (secondary N) is 1. The molecule has 2 nitrogen and oxygen atoms in total. The molecule has 8 heavy (non-hydrogen) atoms. The van der Waals surface area contributed by atoms with Gasteiger partial charge < -0.3 is 4.72 Å². The number of hydrogen-bond acceptors (Lipinski definition) is 3. The minimum Gasteiger partial charge on any atom is -0.328 e. The van der Waals surface area contributed by atoms with Crippen LogP contribution in [0.1, 0.15) is 0 Å². The van der Waals surface area contributed by atoms with Crippen LogP contribution in [-0.4, -0.2) is 19.8 Å². The van der Waals surface area contributed by atoms with E-state index in [1.165, 1.54) is 11.9 Å². The highest BCUT2D eigenvalue weighted by Crippen LogP contribution is 1.90. The van der Waals surface area contributed by atoms with Crippen LogP contribution in [0.25, 0.3) is 0 Å². The van der Waals surface area contributed by atoms with Gasteiger partial charge in [0.05, 0.1) is 5.70 Å². The molecule has 0 spiro atoms. The van der Waals surface area contributed by atoms with Gasteiger partial charge in [0.2, 0.25) is 0 Å². The average molecular weight is 129 g/mol. The monoisotopic (exact) mass is 129 g/mol. The van der Waals surface area contributed by atoms with E-state index in [0.717, 1.165) is 5.65 Å². The molecular formula is C4H8BNOS. The summed E-state index contributed by atoms with van der Waals surface area (Å²) in [4.78, 5) is 9.84. The molecule has 0 aromatic rings. The van der Waals surface area contributed by atoms with Gasteiger partial charge in [-0.25, -0.2) is 0 Å². The normalized spacial score (nSPS) is 8.00. The summed E-state index contributed by atoms with van der Waals surface area (Å²) < 4.78 is 2.74. The predicted octanol–water partition coefficient (Wildman–Crippen LogP) is -0.473. The molecule has 0 aliphatic rings. The molecule has 44 valence electrons. The molecule has 0 heterocycles. The number of aldehydes is 1. The maximum atomic E-state index is 9.84. The molecule has 0 saturated carbocycles. The van der Waals surface area contributed by atoms with Crippen LogP contribution in [0.5, 0.6) is 0 Å². The fraction of sp³-hybridized carbons (Fsp3) is 0.250. The lowest BCUT2D eigenvalue weighted by atomic mass is 10.2. The second kappa shape index (κ2) is 4.78. The molecular weight excluding hydrogens is 121 g/mol. The zero-order valence-corrected chi connectivity index (χ0v) is 5.62. The Kier molecular flexibility index (Phi) is 4.55. The summed E-state index contributed by atoms with van der Waals surface area (Å²) in [7, 11) is 2.00. The molecule has 1 N–H and O–H groups in total. The Morgan fingerprint density at radius 1 is 2.00 bits per heavy atom. The maximum Gasteiger partial charge on any atom is 0.166 e. The highest BCUT2D eigenvalue weighted by atomic mass is 32.2. The first kappa shape index (κ1) is 7.62. The number of hydrogen-bond donors (Lipinski definition) is 1. The van der Waals surface area contributed by atoms with Crippen LogP contribution < -0.4 is 4.72 Å². The van der Waals surface area contributed by atoms with E-state index in [1.807, 2.05) is 7.85 Å². The Bertz CT molecular complexity index is 96.0. The van der Waals surface area contributed by atoms with Crippen molar-refractivity contribution in [3.05, 3.63) is 12.3 Å². The van der Waals surface area contributed by atoms with Gasteiger partial charge in [-0.05, 0) is 5.65 Å². The van der Waals surface area contributed by atoms with Gasteiger partial charge in [0.1, 0.15) is 7.85 Å². The summed E-state index contributed by atoms with van der Waals surface area (Å²) in [6.45, 7) is 3.41. The van der Waals surface area contributed by atoms with E-state index in [0.29, 0.717) is 12.0 Å². The van der Waals surface area contributed by atoms with Gasteiger partial charge in [-0.2, -0.15) is 0 Å². The molecule has 0 rings (SSSR count). The molecule has 0 aromatic carbocycles. The van der Waals surface area contributed by atoms with Crippen molar-refractivity contribution in [3.8, 4) is 0 Å². The van der Waals surface area contributed by atoms with Crippen LogP contribution in [0.4, 0.5) is 0 Å². The molecule has 0 radical (unpaired) electrons. The molecule has 0 aliphatic carbocycles. The SMILES string of the molecule is BCSNC(=C)C=O. The summed E-state index contributed by atoms with van der Waals surface area (Å²) in [5, 5.41) is 0. The molecule has 4 heteroatoms. The standard InChI is InChI=1S/C4H8BNOS/c1-4(2-7)6-8-3-5/h2,6H,1,3,5H2. The average Bonchev–Trinajstić information content (AvgIpc) is 1.83. The smallest absolute Gasteiger partial charge is 0.166 e. The molecule has 0 unspecified atom stereocenters. The summed E-state index contributed by atoms with van der Waals surface area (Å²) in [6.07, 6.45) is 0.697. The highest BCUT2D eigenvalue weighted by molar-refractivity contribution is 7.98. The fourth-order valence-corrected chi connectivity index (χ4v) is 0.567. The molecule has 0 aromatic heterocycles. The van der Waals surface area contributed by atoms with Gasteiger partial charge in [0.25, 0.3) is 0 Å². The molecule has 0 aliphatic heterocycles. The molecule has 0 amide bonds. The van der Waals surface area contributed by atoms with Crippen LogP contribution in [-0.2, 0) is 4.79 Å². The van der Waals surface area contributed by atoms with E-state index in [4.69, 9.17) is 0 Å². The van der Waals surface area contributed by atoms with Crippen molar-refractivity contribution in [1.29, 1.82) is 0 Å². The van der Waals surface area contributed by atoms with Crippen molar-refractivity contribution >= 4 is 26.1 Å².